The van der Waals surface area contributed by atoms with Crippen molar-refractivity contribution in [3.05, 3.63) is 40.4 Å². The van der Waals surface area contributed by atoms with Crippen molar-refractivity contribution in [1.82, 2.24) is 14.6 Å². The van der Waals surface area contributed by atoms with Gasteiger partial charge in [-0.1, -0.05) is 17.7 Å². The summed E-state index contributed by atoms with van der Waals surface area (Å²) in [6, 6.07) is 3.84. The van der Waals surface area contributed by atoms with E-state index in [4.69, 9.17) is 11.6 Å². The Hall–Kier alpha value is -1.34. The van der Waals surface area contributed by atoms with Crippen molar-refractivity contribution in [3.8, 4) is 0 Å². The van der Waals surface area contributed by atoms with Gasteiger partial charge in [0.25, 0.3) is 10.0 Å². The molecular formula is C15H15ClF3N3O3S3. The third-order valence-corrected chi connectivity index (χ3v) is 7.91. The first-order valence-electron chi connectivity index (χ1n) is 7.64. The summed E-state index contributed by atoms with van der Waals surface area (Å²) < 4.78 is 63.3. The van der Waals surface area contributed by atoms with Crippen LogP contribution in [0, 0.1) is 0 Å². The van der Waals surface area contributed by atoms with E-state index in [0.29, 0.717) is 11.9 Å². The molecule has 0 aliphatic rings. The number of carbonyl (C=O) groups is 1. The van der Waals surface area contributed by atoms with Crippen LogP contribution in [0.1, 0.15) is 5.56 Å². The van der Waals surface area contributed by atoms with Crippen molar-refractivity contribution < 1.29 is 26.4 Å². The molecular weight excluding hydrogens is 459 g/mol. The molecule has 0 fully saturated rings. The second kappa shape index (κ2) is 9.44. The number of likely N-dealkylation sites (N-methyl/N-ethyl adjacent to an activating group) is 1. The maximum Gasteiger partial charge on any atom is 0.417 e. The van der Waals surface area contributed by atoms with Crippen LogP contribution in [0.3, 0.4) is 0 Å². The van der Waals surface area contributed by atoms with E-state index in [1.807, 2.05) is 0 Å². The average molecular weight is 474 g/mol. The van der Waals surface area contributed by atoms with Gasteiger partial charge in [0.05, 0.1) is 17.1 Å². The predicted octanol–water partition coefficient (Wildman–Crippen LogP) is 3.34. The summed E-state index contributed by atoms with van der Waals surface area (Å²) >= 11 is 7.93. The zero-order valence-electron chi connectivity index (χ0n) is 14.4. The Balaban J connectivity index is 1.80. The minimum atomic E-state index is -4.52. The molecule has 0 bridgehead atoms. The summed E-state index contributed by atoms with van der Waals surface area (Å²) in [5.74, 6) is -0.208. The van der Waals surface area contributed by atoms with E-state index in [9.17, 15) is 26.4 Å². The third-order valence-electron chi connectivity index (χ3n) is 3.32. The van der Waals surface area contributed by atoms with Gasteiger partial charge in [-0.15, -0.1) is 23.1 Å². The minimum absolute atomic E-state index is 0.132. The number of nitrogens with one attached hydrogen (secondary N) is 1. The third kappa shape index (κ3) is 6.08. The number of aromatic nitrogens is 1. The lowest BCUT2D eigenvalue weighted by Gasteiger charge is -2.15. The van der Waals surface area contributed by atoms with E-state index in [0.717, 1.165) is 33.5 Å². The van der Waals surface area contributed by atoms with Gasteiger partial charge < -0.3 is 5.32 Å². The van der Waals surface area contributed by atoms with Crippen molar-refractivity contribution in [2.75, 3.05) is 25.9 Å². The molecule has 2 rings (SSSR count). The summed E-state index contributed by atoms with van der Waals surface area (Å²) in [5, 5.41) is 4.24. The number of thiophene rings is 1. The van der Waals surface area contributed by atoms with E-state index in [1.54, 1.807) is 11.4 Å². The smallest absolute Gasteiger partial charge is 0.354 e. The first kappa shape index (κ1) is 22.9. The van der Waals surface area contributed by atoms with Crippen LogP contribution >= 0.6 is 34.7 Å². The van der Waals surface area contributed by atoms with Gasteiger partial charge in [-0.2, -0.15) is 17.5 Å². The number of sulfonamides is 1. The number of hydrogen-bond donors (Lipinski definition) is 1. The average Bonchev–Trinajstić information content (AvgIpc) is 3.14. The fourth-order valence-corrected chi connectivity index (χ4v) is 5.31. The highest BCUT2D eigenvalue weighted by Gasteiger charge is 2.31. The molecule has 1 N–H and O–H groups in total. The van der Waals surface area contributed by atoms with Crippen LogP contribution < -0.4 is 5.32 Å². The first-order valence-corrected chi connectivity index (χ1v) is 11.3. The topological polar surface area (TPSA) is 79.4 Å². The predicted molar refractivity (Wildman–Crippen MR) is 102 cm³/mol. The SMILES string of the molecule is CN(CC(=O)NCCSc1ncc(C(F)(F)F)cc1Cl)S(=O)(=O)c1cccs1. The summed E-state index contributed by atoms with van der Waals surface area (Å²) in [6.45, 7) is -0.195. The van der Waals surface area contributed by atoms with E-state index >= 15 is 0 Å². The van der Waals surface area contributed by atoms with Crippen molar-refractivity contribution in [2.45, 2.75) is 15.4 Å². The molecule has 0 unspecified atom stereocenters. The highest BCUT2D eigenvalue weighted by atomic mass is 35.5. The molecule has 1 amide bonds. The van der Waals surface area contributed by atoms with E-state index < -0.39 is 27.7 Å². The Kier molecular flexibility index (Phi) is 7.73. The molecule has 0 spiro atoms. The zero-order chi connectivity index (χ0) is 20.9. The number of halogens is 4. The van der Waals surface area contributed by atoms with Crippen LogP contribution in [0.2, 0.25) is 5.02 Å². The summed E-state index contributed by atoms with van der Waals surface area (Å²) in [4.78, 5) is 15.6. The van der Waals surface area contributed by atoms with Crippen LogP contribution in [0.25, 0.3) is 0 Å². The molecule has 0 aliphatic carbocycles. The molecule has 0 saturated carbocycles. The molecule has 13 heteroatoms. The standard InChI is InChI=1S/C15H15ClF3N3O3S3/c1-22(28(24,25)13-3-2-5-26-13)9-12(23)20-4-6-27-14-11(16)7-10(8-21-14)15(17,18)19/h2-3,5,7-8H,4,6,9H2,1H3,(H,20,23). The van der Waals surface area contributed by atoms with Gasteiger partial charge in [-0.05, 0) is 17.5 Å². The Morgan fingerprint density at radius 3 is 2.71 bits per heavy atom. The van der Waals surface area contributed by atoms with Crippen LogP contribution in [-0.2, 0) is 21.0 Å². The number of rotatable bonds is 8. The van der Waals surface area contributed by atoms with Crippen molar-refractivity contribution >= 4 is 50.6 Å². The number of hydrogen-bond acceptors (Lipinski definition) is 6. The molecule has 0 aromatic carbocycles. The van der Waals surface area contributed by atoms with Crippen molar-refractivity contribution in [3.63, 3.8) is 0 Å². The van der Waals surface area contributed by atoms with Crippen LogP contribution in [-0.4, -0.2) is 49.5 Å². The lowest BCUT2D eigenvalue weighted by Crippen LogP contribution is -2.38. The summed E-state index contributed by atoms with van der Waals surface area (Å²) in [6.07, 6.45) is -3.83. The van der Waals surface area contributed by atoms with Gasteiger partial charge in [0.1, 0.15) is 9.24 Å². The molecule has 2 aromatic rings. The Bertz CT molecular complexity index is 922. The Morgan fingerprint density at radius 2 is 2.14 bits per heavy atom. The normalized spacial score (nSPS) is 12.4. The highest BCUT2D eigenvalue weighted by molar-refractivity contribution is 7.99. The monoisotopic (exact) mass is 473 g/mol. The number of nitrogens with zero attached hydrogens (tertiary/aromatic N) is 2. The Morgan fingerprint density at radius 1 is 1.43 bits per heavy atom. The molecule has 2 heterocycles. The van der Waals surface area contributed by atoms with Gasteiger partial charge in [-0.3, -0.25) is 4.79 Å². The van der Waals surface area contributed by atoms with Crippen molar-refractivity contribution in [1.29, 1.82) is 0 Å². The second-order valence-corrected chi connectivity index (χ2v) is 10.1. The van der Waals surface area contributed by atoms with Gasteiger partial charge in [0.2, 0.25) is 5.91 Å². The van der Waals surface area contributed by atoms with Crippen LogP contribution in [0.5, 0.6) is 0 Å². The van der Waals surface area contributed by atoms with Crippen LogP contribution in [0.15, 0.2) is 39.0 Å². The molecule has 28 heavy (non-hydrogen) atoms. The number of pyridine rings is 1. The number of carbonyl (C=O) groups excluding carboxylic acids is 1. The molecule has 0 saturated heterocycles. The first-order chi connectivity index (χ1) is 13.0. The van der Waals surface area contributed by atoms with Gasteiger partial charge >= 0.3 is 6.18 Å². The fraction of sp³-hybridized carbons (Fsp3) is 0.333. The summed E-state index contributed by atoms with van der Waals surface area (Å²) in [5.41, 5.74) is -0.940. The van der Waals surface area contributed by atoms with Gasteiger partial charge in [0.15, 0.2) is 0 Å². The Labute approximate surface area is 173 Å². The maximum atomic E-state index is 12.6. The lowest BCUT2D eigenvalue weighted by atomic mass is 10.3. The van der Waals surface area contributed by atoms with Gasteiger partial charge in [-0.25, -0.2) is 13.4 Å². The van der Waals surface area contributed by atoms with Crippen LogP contribution in [0.4, 0.5) is 13.2 Å². The number of alkyl halides is 3. The molecule has 0 radical (unpaired) electrons. The number of thioether (sulfide) groups is 1. The van der Waals surface area contributed by atoms with E-state index in [-0.39, 0.29) is 27.3 Å². The second-order valence-electron chi connectivity index (χ2n) is 5.40. The molecule has 0 atom stereocenters. The van der Waals surface area contributed by atoms with E-state index in [1.165, 1.54) is 13.1 Å². The van der Waals surface area contributed by atoms with E-state index in [2.05, 4.69) is 10.3 Å². The number of amides is 1. The molecule has 6 nitrogen and oxygen atoms in total. The minimum Gasteiger partial charge on any atom is -0.354 e. The van der Waals surface area contributed by atoms with Gasteiger partial charge in [0, 0.05) is 25.5 Å². The quantitative estimate of drug-likeness (QED) is 0.470. The fourth-order valence-electron chi connectivity index (χ4n) is 1.93. The lowest BCUT2D eigenvalue weighted by molar-refractivity contribution is -0.137. The molecule has 0 aliphatic heterocycles. The summed E-state index contributed by atoms with van der Waals surface area (Å²) in [7, 11) is -2.42. The maximum absolute atomic E-state index is 12.6. The molecule has 154 valence electrons. The molecule has 2 aromatic heterocycles. The van der Waals surface area contributed by atoms with Crippen molar-refractivity contribution in [2.24, 2.45) is 0 Å². The largest absolute Gasteiger partial charge is 0.417 e. The highest BCUT2D eigenvalue weighted by Crippen LogP contribution is 2.33. The zero-order valence-corrected chi connectivity index (χ0v) is 17.6.